The van der Waals surface area contributed by atoms with E-state index in [1.165, 1.54) is 18.4 Å². The molecule has 1 saturated carbocycles. The lowest BCUT2D eigenvalue weighted by molar-refractivity contribution is 0.0802. The van der Waals surface area contributed by atoms with E-state index in [4.69, 9.17) is 0 Å². The van der Waals surface area contributed by atoms with Crippen LogP contribution >= 0.6 is 0 Å². The largest absolute Gasteiger partial charge is 0.322 e. The van der Waals surface area contributed by atoms with E-state index in [0.717, 1.165) is 35.1 Å². The van der Waals surface area contributed by atoms with Gasteiger partial charge in [-0.2, -0.15) is 0 Å². The molecule has 1 aliphatic carbocycles. The van der Waals surface area contributed by atoms with Crippen molar-refractivity contribution in [1.82, 2.24) is 30.1 Å². The number of fused-ring (bicyclic) bond motifs is 1. The first-order chi connectivity index (χ1) is 15.1. The van der Waals surface area contributed by atoms with Crippen molar-refractivity contribution in [3.05, 3.63) is 51.6 Å². The van der Waals surface area contributed by atoms with Gasteiger partial charge in [-0.15, -0.1) is 5.10 Å². The number of aryl methyl sites for hydroxylation is 1. The number of nitrogens with zero attached hydrogens (tertiary/aromatic N) is 5. The van der Waals surface area contributed by atoms with Gasteiger partial charge in [0.25, 0.3) is 5.56 Å². The van der Waals surface area contributed by atoms with Crippen LogP contribution in [0, 0.1) is 12.8 Å². The molecular weight excluding hydrogens is 400 g/mol. The maximum Gasteiger partial charge on any atom is 0.252 e. The molecule has 0 radical (unpaired) electrons. The molecule has 7 heteroatoms. The van der Waals surface area contributed by atoms with Gasteiger partial charge in [0.2, 0.25) is 0 Å². The zero-order valence-electron chi connectivity index (χ0n) is 20.2. The molecule has 2 aromatic heterocycles. The van der Waals surface area contributed by atoms with E-state index >= 15 is 0 Å². The lowest BCUT2D eigenvalue weighted by atomic mass is 9.96. The molecule has 0 saturated heterocycles. The van der Waals surface area contributed by atoms with Crippen LogP contribution in [0.5, 0.6) is 0 Å². The standard InChI is InChI=1S/C25H36N6O/c1-16(2)22(23-27-28-29-31(23)25(4,5)6)30(20-9-7-8-10-20)15-19-14-18-13-17(3)11-12-21(18)26-24(19)32/h11-14,16,20,22H,7-10,15H2,1-6H3,(H,26,32)/t22-/m0/s1. The SMILES string of the molecule is Cc1ccc2[nH]c(=O)c(CN(C3CCCC3)[C@H](c3nnnn3C(C)(C)C)C(C)C)cc2c1. The highest BCUT2D eigenvalue weighted by Crippen LogP contribution is 2.36. The molecule has 32 heavy (non-hydrogen) atoms. The Hall–Kier alpha value is -2.54. The maximum absolute atomic E-state index is 13.0. The maximum atomic E-state index is 13.0. The van der Waals surface area contributed by atoms with Gasteiger partial charge in [0.15, 0.2) is 5.82 Å². The van der Waals surface area contributed by atoms with Crippen LogP contribution in [0.15, 0.2) is 29.1 Å². The monoisotopic (exact) mass is 436 g/mol. The van der Waals surface area contributed by atoms with Gasteiger partial charge in [0.1, 0.15) is 0 Å². The summed E-state index contributed by atoms with van der Waals surface area (Å²) in [6.45, 7) is 13.5. The first-order valence-electron chi connectivity index (χ1n) is 11.8. The van der Waals surface area contributed by atoms with Crippen LogP contribution in [-0.2, 0) is 12.1 Å². The summed E-state index contributed by atoms with van der Waals surface area (Å²) >= 11 is 0. The minimum atomic E-state index is -0.217. The second kappa shape index (κ2) is 8.77. The number of tetrazole rings is 1. The van der Waals surface area contributed by atoms with E-state index in [2.05, 4.69) is 79.1 Å². The molecule has 172 valence electrons. The van der Waals surface area contributed by atoms with Crippen molar-refractivity contribution in [3.63, 3.8) is 0 Å². The highest BCUT2D eigenvalue weighted by atomic mass is 16.1. The van der Waals surface area contributed by atoms with Crippen LogP contribution in [0.3, 0.4) is 0 Å². The van der Waals surface area contributed by atoms with Crippen LogP contribution in [0.2, 0.25) is 0 Å². The summed E-state index contributed by atoms with van der Waals surface area (Å²) in [5.74, 6) is 1.18. The Morgan fingerprint density at radius 1 is 1.19 bits per heavy atom. The molecule has 0 aliphatic heterocycles. The van der Waals surface area contributed by atoms with Gasteiger partial charge in [-0.05, 0) is 80.5 Å². The van der Waals surface area contributed by atoms with Crippen LogP contribution < -0.4 is 5.56 Å². The number of nitrogens with one attached hydrogen (secondary N) is 1. The number of aromatic nitrogens is 5. The first-order valence-corrected chi connectivity index (χ1v) is 11.8. The second-order valence-corrected chi connectivity index (χ2v) is 10.6. The predicted molar refractivity (Wildman–Crippen MR) is 127 cm³/mol. The summed E-state index contributed by atoms with van der Waals surface area (Å²) in [4.78, 5) is 18.6. The Morgan fingerprint density at radius 2 is 1.91 bits per heavy atom. The Morgan fingerprint density at radius 3 is 2.56 bits per heavy atom. The molecule has 1 fully saturated rings. The Labute approximate surface area is 190 Å². The fourth-order valence-electron chi connectivity index (χ4n) is 5.06. The summed E-state index contributed by atoms with van der Waals surface area (Å²) < 4.78 is 1.95. The zero-order chi connectivity index (χ0) is 23.0. The van der Waals surface area contributed by atoms with E-state index in [1.54, 1.807) is 0 Å². The molecule has 1 aromatic carbocycles. The highest BCUT2D eigenvalue weighted by molar-refractivity contribution is 5.79. The average Bonchev–Trinajstić information content (AvgIpc) is 3.39. The van der Waals surface area contributed by atoms with Crippen molar-refractivity contribution in [2.45, 2.75) is 91.4 Å². The molecule has 1 atom stereocenters. The Bertz CT molecular complexity index is 1130. The van der Waals surface area contributed by atoms with Gasteiger partial charge in [-0.25, -0.2) is 4.68 Å². The number of aromatic amines is 1. The zero-order valence-corrected chi connectivity index (χ0v) is 20.2. The molecule has 0 unspecified atom stereocenters. The number of rotatable bonds is 6. The summed E-state index contributed by atoms with van der Waals surface area (Å²) in [6, 6.07) is 8.66. The van der Waals surface area contributed by atoms with E-state index in [1.807, 2.05) is 16.8 Å². The van der Waals surface area contributed by atoms with E-state index in [0.29, 0.717) is 18.5 Å². The van der Waals surface area contributed by atoms with Crippen molar-refractivity contribution in [1.29, 1.82) is 0 Å². The van der Waals surface area contributed by atoms with Gasteiger partial charge in [-0.1, -0.05) is 38.3 Å². The predicted octanol–water partition coefficient (Wildman–Crippen LogP) is 4.72. The molecule has 4 rings (SSSR count). The Balaban J connectivity index is 1.79. The van der Waals surface area contributed by atoms with Crippen molar-refractivity contribution < 1.29 is 0 Å². The molecular formula is C25H36N6O. The minimum absolute atomic E-state index is 0.0118. The average molecular weight is 437 g/mol. The molecule has 7 nitrogen and oxygen atoms in total. The smallest absolute Gasteiger partial charge is 0.252 e. The quantitative estimate of drug-likeness (QED) is 0.605. The number of benzene rings is 1. The van der Waals surface area contributed by atoms with Gasteiger partial charge < -0.3 is 4.98 Å². The second-order valence-electron chi connectivity index (χ2n) is 10.6. The van der Waals surface area contributed by atoms with Crippen molar-refractivity contribution in [2.24, 2.45) is 5.92 Å². The highest BCUT2D eigenvalue weighted by Gasteiger charge is 2.37. The minimum Gasteiger partial charge on any atom is -0.322 e. The molecule has 1 N–H and O–H groups in total. The summed E-state index contributed by atoms with van der Waals surface area (Å²) in [6.07, 6.45) is 4.74. The summed E-state index contributed by atoms with van der Waals surface area (Å²) in [5, 5.41) is 14.0. The van der Waals surface area contributed by atoms with Crippen LogP contribution in [0.25, 0.3) is 10.9 Å². The summed E-state index contributed by atoms with van der Waals surface area (Å²) in [5.41, 5.74) is 2.64. The van der Waals surface area contributed by atoms with E-state index < -0.39 is 0 Å². The topological polar surface area (TPSA) is 79.7 Å². The molecule has 0 spiro atoms. The number of hydrogen-bond acceptors (Lipinski definition) is 5. The van der Waals surface area contributed by atoms with E-state index in [-0.39, 0.29) is 17.1 Å². The van der Waals surface area contributed by atoms with E-state index in [9.17, 15) is 4.79 Å². The van der Waals surface area contributed by atoms with Crippen molar-refractivity contribution in [2.75, 3.05) is 0 Å². The van der Waals surface area contributed by atoms with Crippen LogP contribution in [0.4, 0.5) is 0 Å². The third kappa shape index (κ3) is 4.49. The fourth-order valence-corrected chi connectivity index (χ4v) is 5.06. The molecule has 2 heterocycles. The molecule has 0 bridgehead atoms. The lowest BCUT2D eigenvalue weighted by Crippen LogP contribution is -2.42. The molecule has 3 aromatic rings. The van der Waals surface area contributed by atoms with Gasteiger partial charge in [-0.3, -0.25) is 9.69 Å². The molecule has 0 amide bonds. The lowest BCUT2D eigenvalue weighted by Gasteiger charge is -2.39. The first kappa shape index (κ1) is 22.6. The molecule has 1 aliphatic rings. The Kier molecular flexibility index (Phi) is 6.21. The fraction of sp³-hybridized carbons (Fsp3) is 0.600. The van der Waals surface area contributed by atoms with Crippen LogP contribution in [-0.4, -0.2) is 36.1 Å². The van der Waals surface area contributed by atoms with Gasteiger partial charge in [0.05, 0.1) is 11.6 Å². The van der Waals surface area contributed by atoms with Crippen molar-refractivity contribution >= 4 is 10.9 Å². The number of hydrogen-bond donors (Lipinski definition) is 1. The third-order valence-electron chi connectivity index (χ3n) is 6.61. The summed E-state index contributed by atoms with van der Waals surface area (Å²) in [7, 11) is 0. The van der Waals surface area contributed by atoms with Gasteiger partial charge in [0, 0.05) is 23.7 Å². The normalized spacial score (nSPS) is 16.5. The number of pyridine rings is 1. The van der Waals surface area contributed by atoms with Crippen LogP contribution in [0.1, 0.15) is 83.3 Å². The van der Waals surface area contributed by atoms with Gasteiger partial charge >= 0.3 is 0 Å². The number of H-pyrrole nitrogens is 1. The third-order valence-corrected chi connectivity index (χ3v) is 6.61. The van der Waals surface area contributed by atoms with Crippen molar-refractivity contribution in [3.8, 4) is 0 Å².